The van der Waals surface area contributed by atoms with Crippen molar-refractivity contribution >= 4 is 35.3 Å². The minimum Gasteiger partial charge on any atom is -0.444 e. The van der Waals surface area contributed by atoms with E-state index in [1.807, 2.05) is 13.8 Å². The zero-order valence-electron chi connectivity index (χ0n) is 27.4. The molecule has 2 amide bonds. The van der Waals surface area contributed by atoms with E-state index in [0.29, 0.717) is 24.2 Å². The first kappa shape index (κ1) is 35.3. The first-order valence-electron chi connectivity index (χ1n) is 15.1. The van der Waals surface area contributed by atoms with Crippen molar-refractivity contribution in [3.63, 3.8) is 0 Å². The van der Waals surface area contributed by atoms with E-state index in [-0.39, 0.29) is 28.1 Å². The predicted octanol–water partition coefficient (Wildman–Crippen LogP) is 8.44. The summed E-state index contributed by atoms with van der Waals surface area (Å²) in [5, 5.41) is 5.21. The summed E-state index contributed by atoms with van der Waals surface area (Å²) in [6.07, 6.45) is -3.05. The fourth-order valence-corrected chi connectivity index (χ4v) is 6.17. The lowest BCUT2D eigenvalue weighted by Crippen LogP contribution is -2.43. The first-order chi connectivity index (χ1) is 21.2. The number of anilines is 1. The van der Waals surface area contributed by atoms with Gasteiger partial charge in [0.15, 0.2) is 5.65 Å². The molecule has 0 aliphatic carbocycles. The molecule has 0 N–H and O–H groups in total. The van der Waals surface area contributed by atoms with Crippen LogP contribution in [0.4, 0.5) is 32.8 Å². The maximum absolute atomic E-state index is 14.0. The van der Waals surface area contributed by atoms with Crippen molar-refractivity contribution in [2.24, 2.45) is 0 Å². The summed E-state index contributed by atoms with van der Waals surface area (Å²) in [5.74, 6) is -1.08. The number of thioether (sulfide) groups is 1. The highest BCUT2D eigenvalue weighted by Crippen LogP contribution is 2.37. The number of alkyl halides is 3. The summed E-state index contributed by atoms with van der Waals surface area (Å²) < 4.78 is 68.9. The summed E-state index contributed by atoms with van der Waals surface area (Å²) in [6, 6.07) is 3.96. The van der Waals surface area contributed by atoms with E-state index in [9.17, 15) is 27.2 Å². The second kappa shape index (κ2) is 13.3. The zero-order valence-corrected chi connectivity index (χ0v) is 28.2. The van der Waals surface area contributed by atoms with Gasteiger partial charge < -0.3 is 14.4 Å². The summed E-state index contributed by atoms with van der Waals surface area (Å²) in [7, 11) is 0. The monoisotopic (exact) mass is 667 g/mol. The Morgan fingerprint density at radius 1 is 1.07 bits per heavy atom. The number of carbonyl (C=O) groups is 2. The molecule has 2 aromatic heterocycles. The molecule has 9 nitrogen and oxygen atoms in total. The molecule has 1 unspecified atom stereocenters. The lowest BCUT2D eigenvalue weighted by atomic mass is 10.1. The Morgan fingerprint density at radius 3 is 2.35 bits per heavy atom. The van der Waals surface area contributed by atoms with Gasteiger partial charge in [0.2, 0.25) is 0 Å². The second-order valence-electron chi connectivity index (χ2n) is 13.6. The molecule has 1 saturated heterocycles. The number of fused-ring (bicyclic) bond motifs is 1. The third-order valence-electron chi connectivity index (χ3n) is 6.97. The van der Waals surface area contributed by atoms with Gasteiger partial charge in [0.25, 0.3) is 0 Å². The number of ether oxygens (including phenoxy) is 2. The van der Waals surface area contributed by atoms with Crippen LogP contribution in [0.2, 0.25) is 0 Å². The summed E-state index contributed by atoms with van der Waals surface area (Å²) in [6.45, 7) is 14.6. The molecule has 3 heterocycles. The van der Waals surface area contributed by atoms with Crippen LogP contribution >= 0.6 is 11.8 Å². The van der Waals surface area contributed by atoms with Crippen molar-refractivity contribution in [1.29, 1.82) is 0 Å². The smallest absolute Gasteiger partial charge is 0.416 e. The molecule has 1 aliphatic rings. The molecule has 0 radical (unpaired) electrons. The molecule has 14 heteroatoms. The van der Waals surface area contributed by atoms with Gasteiger partial charge in [-0.3, -0.25) is 4.90 Å². The molecule has 0 bridgehead atoms. The minimum absolute atomic E-state index is 0.0307. The topological polar surface area (TPSA) is 89.3 Å². The molecular weight excluding hydrogens is 626 g/mol. The van der Waals surface area contributed by atoms with Crippen LogP contribution in [0.1, 0.15) is 91.0 Å². The number of benzene rings is 1. The Kier molecular flexibility index (Phi) is 10.2. The van der Waals surface area contributed by atoms with Gasteiger partial charge in [0.1, 0.15) is 22.0 Å². The van der Waals surface area contributed by atoms with Crippen molar-refractivity contribution < 1.29 is 36.6 Å². The SMILES string of the molecule is CC(C)c1cnc2c(N(Cc3ccc(F)cc3C(F)(F)F)C(=O)OC(C)(C)C)cc(SC3CCCN(C(=O)OC(C)(C)C)C3)nn12. The van der Waals surface area contributed by atoms with Crippen LogP contribution in [0.25, 0.3) is 5.65 Å². The number of rotatable bonds is 6. The molecule has 1 fully saturated rings. The van der Waals surface area contributed by atoms with Crippen LogP contribution in [0.3, 0.4) is 0 Å². The molecule has 0 saturated carbocycles. The lowest BCUT2D eigenvalue weighted by molar-refractivity contribution is -0.138. The predicted molar refractivity (Wildman–Crippen MR) is 168 cm³/mol. The molecule has 3 aromatic rings. The van der Waals surface area contributed by atoms with Crippen LogP contribution in [-0.2, 0) is 22.2 Å². The Bertz CT molecular complexity index is 1580. The number of imidazole rings is 1. The molecule has 1 aliphatic heterocycles. The molecule has 1 aromatic carbocycles. The van der Waals surface area contributed by atoms with Crippen molar-refractivity contribution in [2.75, 3.05) is 18.0 Å². The number of carbonyl (C=O) groups excluding carboxylic acids is 2. The van der Waals surface area contributed by atoms with Crippen molar-refractivity contribution in [1.82, 2.24) is 19.5 Å². The first-order valence-corrected chi connectivity index (χ1v) is 16.0. The molecule has 1 atom stereocenters. The van der Waals surface area contributed by atoms with E-state index in [0.717, 1.165) is 35.6 Å². The van der Waals surface area contributed by atoms with Gasteiger partial charge in [0.05, 0.1) is 29.7 Å². The van der Waals surface area contributed by atoms with E-state index in [1.165, 1.54) is 11.8 Å². The molecule has 4 rings (SSSR count). The number of hydrogen-bond donors (Lipinski definition) is 0. The third-order valence-corrected chi connectivity index (χ3v) is 8.13. The van der Waals surface area contributed by atoms with Gasteiger partial charge in [-0.2, -0.15) is 18.3 Å². The highest BCUT2D eigenvalue weighted by Gasteiger charge is 2.36. The number of likely N-dealkylation sites (tertiary alicyclic amines) is 1. The minimum atomic E-state index is -4.87. The molecule has 0 spiro atoms. The summed E-state index contributed by atoms with van der Waals surface area (Å²) in [4.78, 5) is 33.8. The fourth-order valence-electron chi connectivity index (χ4n) is 4.98. The fraction of sp³-hybridized carbons (Fsp3) is 0.562. The Hall–Kier alpha value is -3.55. The van der Waals surface area contributed by atoms with E-state index in [2.05, 4.69) is 4.98 Å². The maximum atomic E-state index is 14.0. The van der Waals surface area contributed by atoms with Crippen molar-refractivity contribution in [3.8, 4) is 0 Å². The zero-order chi connectivity index (χ0) is 34.2. The van der Waals surface area contributed by atoms with Crippen LogP contribution in [0, 0.1) is 5.82 Å². The number of hydrogen-bond acceptors (Lipinski definition) is 7. The number of aromatic nitrogens is 3. The van der Waals surface area contributed by atoms with Crippen molar-refractivity contribution in [2.45, 2.75) is 108 Å². The highest BCUT2D eigenvalue weighted by atomic mass is 32.2. The van der Waals surface area contributed by atoms with Gasteiger partial charge >= 0.3 is 18.4 Å². The van der Waals surface area contributed by atoms with E-state index < -0.39 is 47.5 Å². The van der Waals surface area contributed by atoms with Gasteiger partial charge in [0, 0.05) is 18.3 Å². The number of piperidine rings is 1. The Labute approximate surface area is 270 Å². The van der Waals surface area contributed by atoms with Gasteiger partial charge in [-0.1, -0.05) is 31.7 Å². The van der Waals surface area contributed by atoms with Crippen LogP contribution in [0.15, 0.2) is 35.5 Å². The Morgan fingerprint density at radius 2 is 1.74 bits per heavy atom. The quantitative estimate of drug-likeness (QED) is 0.244. The number of amides is 2. The summed E-state index contributed by atoms with van der Waals surface area (Å²) in [5.41, 5.74) is -1.99. The lowest BCUT2D eigenvalue weighted by Gasteiger charge is -2.33. The maximum Gasteiger partial charge on any atom is 0.416 e. The number of nitrogens with zero attached hydrogens (tertiary/aromatic N) is 5. The van der Waals surface area contributed by atoms with Crippen molar-refractivity contribution in [3.05, 3.63) is 53.1 Å². The average molecular weight is 668 g/mol. The molecule has 46 heavy (non-hydrogen) atoms. The largest absolute Gasteiger partial charge is 0.444 e. The number of halogens is 4. The molecular formula is C32H41F4N5O4S. The van der Waals surface area contributed by atoms with Crippen LogP contribution in [-0.4, -0.2) is 61.2 Å². The van der Waals surface area contributed by atoms with Crippen LogP contribution < -0.4 is 4.90 Å². The Balaban J connectivity index is 1.80. The van der Waals surface area contributed by atoms with Gasteiger partial charge in [-0.25, -0.2) is 23.5 Å². The normalized spacial score (nSPS) is 16.2. The highest BCUT2D eigenvalue weighted by molar-refractivity contribution is 7.99. The van der Waals surface area contributed by atoms with E-state index in [4.69, 9.17) is 14.6 Å². The van der Waals surface area contributed by atoms with Gasteiger partial charge in [-0.05, 0) is 84.1 Å². The standard InChI is InChI=1S/C32H41F4N5O4S/c1-19(2)25-16-37-27-24(15-26(38-41(25)27)46-22-10-9-13-39(18-22)28(42)44-30(3,4)5)40(29(43)45-31(6,7)8)17-20-11-12-21(33)14-23(20)32(34,35)36/h11-12,14-16,19,22H,9-10,13,17-18H2,1-8H3. The molecule has 252 valence electrons. The summed E-state index contributed by atoms with van der Waals surface area (Å²) >= 11 is 1.40. The average Bonchev–Trinajstić information content (AvgIpc) is 3.34. The van der Waals surface area contributed by atoms with E-state index in [1.54, 1.807) is 63.2 Å². The van der Waals surface area contributed by atoms with E-state index >= 15 is 0 Å². The van der Waals surface area contributed by atoms with Crippen LogP contribution in [0.5, 0.6) is 0 Å². The third kappa shape index (κ3) is 8.83. The van der Waals surface area contributed by atoms with Gasteiger partial charge in [-0.15, -0.1) is 0 Å². The second-order valence-corrected chi connectivity index (χ2v) is 14.9.